The van der Waals surface area contributed by atoms with Gasteiger partial charge in [0.05, 0.1) is 0 Å². The van der Waals surface area contributed by atoms with Crippen LogP contribution in [0.3, 0.4) is 0 Å². The molecule has 0 spiro atoms. The second-order valence-electron chi connectivity index (χ2n) is 5.37. The fraction of sp³-hybridized carbons (Fsp3) is 0.294. The van der Waals surface area contributed by atoms with Gasteiger partial charge in [0.2, 0.25) is 0 Å². The van der Waals surface area contributed by atoms with Gasteiger partial charge in [-0.2, -0.15) is 0 Å². The van der Waals surface area contributed by atoms with E-state index in [-0.39, 0.29) is 5.82 Å². The Morgan fingerprint density at radius 2 is 1.65 bits per heavy atom. The van der Waals surface area contributed by atoms with E-state index in [9.17, 15) is 4.39 Å². The lowest BCUT2D eigenvalue weighted by Gasteiger charge is -2.26. The molecule has 2 N–H and O–H groups in total. The third-order valence-corrected chi connectivity index (χ3v) is 3.37. The van der Waals surface area contributed by atoms with Gasteiger partial charge in [-0.25, -0.2) is 4.39 Å². The van der Waals surface area contributed by atoms with Gasteiger partial charge in [0, 0.05) is 24.8 Å². The Morgan fingerprint density at radius 3 is 2.25 bits per heavy atom. The van der Waals surface area contributed by atoms with Crippen molar-refractivity contribution >= 4 is 5.69 Å². The number of halogens is 1. The summed E-state index contributed by atoms with van der Waals surface area (Å²) < 4.78 is 13.3. The zero-order valence-corrected chi connectivity index (χ0v) is 12.0. The molecule has 0 fully saturated rings. The summed E-state index contributed by atoms with van der Waals surface area (Å²) in [5.74, 6) is -0.182. The Bertz CT molecular complexity index is 549. The molecule has 0 heterocycles. The Balaban J connectivity index is 2.09. The van der Waals surface area contributed by atoms with Crippen LogP contribution in [0.25, 0.3) is 0 Å². The van der Waals surface area contributed by atoms with Crippen molar-refractivity contribution in [2.45, 2.75) is 33.0 Å². The van der Waals surface area contributed by atoms with Crippen LogP contribution in [-0.2, 0) is 13.1 Å². The van der Waals surface area contributed by atoms with Crippen LogP contribution in [0.4, 0.5) is 10.1 Å². The summed E-state index contributed by atoms with van der Waals surface area (Å²) in [4.78, 5) is 2.31. The standard InChI is InChI=1S/C17H21FN2/c1-13(2)20(11-14-6-8-17(19)9-7-14)12-15-4-3-5-16(18)10-15/h3-10,13H,11-12,19H2,1-2H3. The monoisotopic (exact) mass is 272 g/mol. The molecule has 2 nitrogen and oxygen atoms in total. The largest absolute Gasteiger partial charge is 0.399 e. The molecule has 2 rings (SSSR count). The number of nitrogen functional groups attached to an aromatic ring is 1. The van der Waals surface area contributed by atoms with Gasteiger partial charge in [0.1, 0.15) is 5.82 Å². The molecule has 3 heteroatoms. The lowest BCUT2D eigenvalue weighted by Crippen LogP contribution is -2.29. The first kappa shape index (κ1) is 14.5. The van der Waals surface area contributed by atoms with Gasteiger partial charge < -0.3 is 5.73 Å². The molecule has 0 atom stereocenters. The molecule has 0 aliphatic carbocycles. The lowest BCUT2D eigenvalue weighted by atomic mass is 10.1. The fourth-order valence-electron chi connectivity index (χ4n) is 2.15. The van der Waals surface area contributed by atoms with Gasteiger partial charge in [-0.1, -0.05) is 24.3 Å². The number of rotatable bonds is 5. The highest BCUT2D eigenvalue weighted by molar-refractivity contribution is 5.39. The molecule has 0 bridgehead atoms. The Labute approximate surface area is 120 Å². The molecular weight excluding hydrogens is 251 g/mol. The number of anilines is 1. The summed E-state index contributed by atoms with van der Waals surface area (Å²) in [5, 5.41) is 0. The minimum absolute atomic E-state index is 0.182. The molecule has 2 aromatic rings. The van der Waals surface area contributed by atoms with E-state index in [1.165, 1.54) is 11.6 Å². The first-order valence-corrected chi connectivity index (χ1v) is 6.87. The average Bonchev–Trinajstić information content (AvgIpc) is 2.40. The summed E-state index contributed by atoms with van der Waals surface area (Å²) in [6.45, 7) is 5.86. The van der Waals surface area contributed by atoms with Crippen molar-refractivity contribution in [3.8, 4) is 0 Å². The zero-order chi connectivity index (χ0) is 14.5. The summed E-state index contributed by atoms with van der Waals surface area (Å²) >= 11 is 0. The summed E-state index contributed by atoms with van der Waals surface area (Å²) in [6, 6.07) is 15.1. The third kappa shape index (κ3) is 4.07. The predicted octanol–water partition coefficient (Wildman–Crippen LogP) is 3.82. The summed E-state index contributed by atoms with van der Waals surface area (Å²) in [6.07, 6.45) is 0. The van der Waals surface area contributed by atoms with E-state index >= 15 is 0 Å². The van der Waals surface area contributed by atoms with Crippen LogP contribution in [0.1, 0.15) is 25.0 Å². The van der Waals surface area contributed by atoms with Crippen LogP contribution < -0.4 is 5.73 Å². The molecule has 0 amide bonds. The van der Waals surface area contributed by atoms with Gasteiger partial charge in [0.25, 0.3) is 0 Å². The first-order chi connectivity index (χ1) is 9.54. The molecule has 2 aromatic carbocycles. The molecule has 0 aliphatic heterocycles. The Morgan fingerprint density at radius 1 is 1.00 bits per heavy atom. The Kier molecular flexibility index (Phi) is 4.74. The second kappa shape index (κ2) is 6.53. The maximum Gasteiger partial charge on any atom is 0.123 e. The number of nitrogens with zero attached hydrogens (tertiary/aromatic N) is 1. The molecule has 0 aromatic heterocycles. The number of hydrogen-bond acceptors (Lipinski definition) is 2. The van der Waals surface area contributed by atoms with E-state index in [1.807, 2.05) is 30.3 Å². The van der Waals surface area contributed by atoms with E-state index in [1.54, 1.807) is 12.1 Å². The second-order valence-corrected chi connectivity index (χ2v) is 5.37. The van der Waals surface area contributed by atoms with E-state index in [4.69, 9.17) is 5.73 Å². The highest BCUT2D eigenvalue weighted by Gasteiger charge is 2.11. The van der Waals surface area contributed by atoms with Crippen molar-refractivity contribution in [3.63, 3.8) is 0 Å². The molecule has 20 heavy (non-hydrogen) atoms. The number of nitrogens with two attached hydrogens (primary N) is 1. The third-order valence-electron chi connectivity index (χ3n) is 3.37. The molecule has 0 radical (unpaired) electrons. The van der Waals surface area contributed by atoms with Gasteiger partial charge >= 0.3 is 0 Å². The van der Waals surface area contributed by atoms with Crippen molar-refractivity contribution in [1.29, 1.82) is 0 Å². The topological polar surface area (TPSA) is 29.3 Å². The van der Waals surface area contributed by atoms with Crippen molar-refractivity contribution < 1.29 is 4.39 Å². The maximum absolute atomic E-state index is 13.3. The molecule has 0 saturated heterocycles. The molecule has 106 valence electrons. The van der Waals surface area contributed by atoms with E-state index in [2.05, 4.69) is 18.7 Å². The molecule has 0 saturated carbocycles. The maximum atomic E-state index is 13.3. The average molecular weight is 272 g/mol. The molecule has 0 unspecified atom stereocenters. The highest BCUT2D eigenvalue weighted by Crippen LogP contribution is 2.15. The normalized spacial score (nSPS) is 11.2. The van der Waals surface area contributed by atoms with Gasteiger partial charge in [-0.05, 0) is 49.2 Å². The van der Waals surface area contributed by atoms with E-state index in [0.29, 0.717) is 6.04 Å². The molecular formula is C17H21FN2. The minimum atomic E-state index is -0.182. The quantitative estimate of drug-likeness (QED) is 0.838. The predicted molar refractivity (Wildman–Crippen MR) is 81.6 cm³/mol. The van der Waals surface area contributed by atoms with E-state index in [0.717, 1.165) is 24.3 Å². The van der Waals surface area contributed by atoms with Crippen molar-refractivity contribution in [2.24, 2.45) is 0 Å². The van der Waals surface area contributed by atoms with Crippen LogP contribution in [0.2, 0.25) is 0 Å². The van der Waals surface area contributed by atoms with Crippen LogP contribution in [0, 0.1) is 5.82 Å². The van der Waals surface area contributed by atoms with Crippen LogP contribution in [-0.4, -0.2) is 10.9 Å². The van der Waals surface area contributed by atoms with E-state index < -0.39 is 0 Å². The molecule has 0 aliphatic rings. The zero-order valence-electron chi connectivity index (χ0n) is 12.0. The van der Waals surface area contributed by atoms with Crippen molar-refractivity contribution in [2.75, 3.05) is 5.73 Å². The summed E-state index contributed by atoms with van der Waals surface area (Å²) in [5.41, 5.74) is 8.68. The minimum Gasteiger partial charge on any atom is -0.399 e. The summed E-state index contributed by atoms with van der Waals surface area (Å²) in [7, 11) is 0. The highest BCUT2D eigenvalue weighted by atomic mass is 19.1. The van der Waals surface area contributed by atoms with Crippen LogP contribution in [0.15, 0.2) is 48.5 Å². The van der Waals surface area contributed by atoms with Crippen LogP contribution in [0.5, 0.6) is 0 Å². The van der Waals surface area contributed by atoms with Crippen molar-refractivity contribution in [1.82, 2.24) is 4.90 Å². The van der Waals surface area contributed by atoms with Crippen LogP contribution >= 0.6 is 0 Å². The lowest BCUT2D eigenvalue weighted by molar-refractivity contribution is 0.203. The van der Waals surface area contributed by atoms with Gasteiger partial charge in [-0.15, -0.1) is 0 Å². The Hall–Kier alpha value is -1.87. The van der Waals surface area contributed by atoms with Crippen molar-refractivity contribution in [3.05, 3.63) is 65.5 Å². The number of benzene rings is 2. The SMILES string of the molecule is CC(C)N(Cc1ccc(N)cc1)Cc1cccc(F)c1. The number of hydrogen-bond donors (Lipinski definition) is 1. The first-order valence-electron chi connectivity index (χ1n) is 6.87. The van der Waals surface area contributed by atoms with Gasteiger partial charge in [0.15, 0.2) is 0 Å². The smallest absolute Gasteiger partial charge is 0.123 e. The van der Waals surface area contributed by atoms with Gasteiger partial charge in [-0.3, -0.25) is 4.90 Å². The fourth-order valence-corrected chi connectivity index (χ4v) is 2.15.